The summed E-state index contributed by atoms with van der Waals surface area (Å²) >= 11 is 0. The van der Waals surface area contributed by atoms with Crippen molar-refractivity contribution in [1.29, 1.82) is 0 Å². The second-order valence-electron chi connectivity index (χ2n) is 4.15. The van der Waals surface area contributed by atoms with E-state index in [4.69, 9.17) is 9.47 Å². The molecule has 1 unspecified atom stereocenters. The highest BCUT2D eigenvalue weighted by atomic mass is 16.5. The van der Waals surface area contributed by atoms with E-state index in [9.17, 15) is 9.90 Å². The summed E-state index contributed by atoms with van der Waals surface area (Å²) in [5, 5.41) is 9.30. The van der Waals surface area contributed by atoms with Crippen molar-refractivity contribution >= 4 is 5.97 Å². The Morgan fingerprint density at radius 3 is 2.45 bits per heavy atom. The van der Waals surface area contributed by atoms with Gasteiger partial charge < -0.3 is 14.6 Å². The Balaban J connectivity index is 2.21. The normalized spacial score (nSPS) is 11.7. The van der Waals surface area contributed by atoms with Crippen molar-refractivity contribution < 1.29 is 19.4 Å². The fourth-order valence-corrected chi connectivity index (χ4v) is 1.83. The van der Waals surface area contributed by atoms with E-state index >= 15 is 0 Å². The Bertz CT molecular complexity index is 566. The molecule has 0 aliphatic heterocycles. The first-order valence-electron chi connectivity index (χ1n) is 6.38. The monoisotopic (exact) mass is 272 g/mol. The third kappa shape index (κ3) is 3.51. The van der Waals surface area contributed by atoms with Crippen molar-refractivity contribution in [3.63, 3.8) is 0 Å². The van der Waals surface area contributed by atoms with E-state index in [0.717, 1.165) is 0 Å². The summed E-state index contributed by atoms with van der Waals surface area (Å²) in [6.45, 7) is 2.43. The molecule has 4 nitrogen and oxygen atoms in total. The molecule has 0 aliphatic rings. The molecule has 2 aromatic rings. The summed E-state index contributed by atoms with van der Waals surface area (Å²) in [7, 11) is 0. The molecule has 0 aliphatic carbocycles. The van der Waals surface area contributed by atoms with Gasteiger partial charge in [-0.3, -0.25) is 0 Å². The van der Waals surface area contributed by atoms with Crippen molar-refractivity contribution in [2.45, 2.75) is 13.0 Å². The molecule has 4 heteroatoms. The minimum Gasteiger partial charge on any atom is -0.494 e. The van der Waals surface area contributed by atoms with E-state index in [1.165, 1.54) is 0 Å². The van der Waals surface area contributed by atoms with Crippen molar-refractivity contribution in [2.24, 2.45) is 0 Å². The second kappa shape index (κ2) is 6.61. The minimum absolute atomic E-state index is 0.465. The van der Waals surface area contributed by atoms with E-state index in [2.05, 4.69) is 0 Å². The Labute approximate surface area is 117 Å². The summed E-state index contributed by atoms with van der Waals surface area (Å²) in [6.07, 6.45) is -1.03. The Kier molecular flexibility index (Phi) is 4.60. The molecular formula is C16H16O4. The molecule has 0 radical (unpaired) electrons. The summed E-state index contributed by atoms with van der Waals surface area (Å²) in [6, 6.07) is 15.8. The molecule has 20 heavy (non-hydrogen) atoms. The van der Waals surface area contributed by atoms with Gasteiger partial charge in [-0.15, -0.1) is 0 Å². The van der Waals surface area contributed by atoms with Gasteiger partial charge in [0.25, 0.3) is 0 Å². The maximum absolute atomic E-state index is 11.4. The van der Waals surface area contributed by atoms with Crippen LogP contribution in [0.3, 0.4) is 0 Å². The summed E-state index contributed by atoms with van der Waals surface area (Å²) in [4.78, 5) is 11.4. The van der Waals surface area contributed by atoms with Crippen molar-refractivity contribution in [2.75, 3.05) is 6.61 Å². The van der Waals surface area contributed by atoms with Gasteiger partial charge in [0.2, 0.25) is 6.10 Å². The summed E-state index contributed by atoms with van der Waals surface area (Å²) in [5.74, 6) is 0.0902. The van der Waals surface area contributed by atoms with E-state index < -0.39 is 12.1 Å². The van der Waals surface area contributed by atoms with Gasteiger partial charge in [0.15, 0.2) is 0 Å². The predicted octanol–water partition coefficient (Wildman–Crippen LogP) is 3.29. The molecule has 0 amide bonds. The number of benzene rings is 2. The smallest absolute Gasteiger partial charge is 0.349 e. The van der Waals surface area contributed by atoms with Crippen LogP contribution in [0.2, 0.25) is 0 Å². The molecule has 1 N–H and O–H groups in total. The molecule has 0 fully saturated rings. The lowest BCUT2D eigenvalue weighted by atomic mass is 10.1. The first-order chi connectivity index (χ1) is 9.70. The maximum Gasteiger partial charge on any atom is 0.349 e. The van der Waals surface area contributed by atoms with Crippen LogP contribution in [0.15, 0.2) is 54.6 Å². The Morgan fingerprint density at radius 1 is 1.10 bits per heavy atom. The lowest BCUT2D eigenvalue weighted by Crippen LogP contribution is -2.18. The molecule has 0 saturated heterocycles. The Morgan fingerprint density at radius 2 is 1.80 bits per heavy atom. The van der Waals surface area contributed by atoms with Crippen molar-refractivity contribution in [1.82, 2.24) is 0 Å². The highest BCUT2D eigenvalue weighted by Crippen LogP contribution is 2.25. The zero-order chi connectivity index (χ0) is 14.4. The van der Waals surface area contributed by atoms with Gasteiger partial charge in [-0.05, 0) is 19.1 Å². The van der Waals surface area contributed by atoms with Gasteiger partial charge in [0.05, 0.1) is 6.61 Å². The number of carbonyl (C=O) groups is 1. The van der Waals surface area contributed by atoms with Crippen LogP contribution in [0.1, 0.15) is 18.6 Å². The van der Waals surface area contributed by atoms with Gasteiger partial charge in [0.1, 0.15) is 11.5 Å². The van der Waals surface area contributed by atoms with Crippen LogP contribution in [0.25, 0.3) is 0 Å². The number of carboxylic acids is 1. The lowest BCUT2D eigenvalue weighted by Gasteiger charge is -2.16. The highest BCUT2D eigenvalue weighted by molar-refractivity contribution is 5.74. The minimum atomic E-state index is -1.03. The average Bonchev–Trinajstić information content (AvgIpc) is 2.46. The van der Waals surface area contributed by atoms with Crippen LogP contribution in [0.4, 0.5) is 0 Å². The van der Waals surface area contributed by atoms with Gasteiger partial charge >= 0.3 is 5.97 Å². The number of hydrogen-bond acceptors (Lipinski definition) is 3. The van der Waals surface area contributed by atoms with Crippen LogP contribution < -0.4 is 9.47 Å². The quantitative estimate of drug-likeness (QED) is 0.876. The van der Waals surface area contributed by atoms with Crippen LogP contribution in [-0.4, -0.2) is 17.7 Å². The Hall–Kier alpha value is -2.49. The third-order valence-corrected chi connectivity index (χ3v) is 2.70. The van der Waals surface area contributed by atoms with Crippen LogP contribution in [0, 0.1) is 0 Å². The molecule has 0 saturated carbocycles. The molecule has 1 atom stereocenters. The number of aliphatic carboxylic acids is 1. The van der Waals surface area contributed by atoms with E-state index in [1.807, 2.05) is 13.0 Å². The first-order valence-corrected chi connectivity index (χ1v) is 6.38. The number of ether oxygens (including phenoxy) is 2. The zero-order valence-corrected chi connectivity index (χ0v) is 11.2. The highest BCUT2D eigenvalue weighted by Gasteiger charge is 2.21. The topological polar surface area (TPSA) is 55.8 Å². The summed E-state index contributed by atoms with van der Waals surface area (Å²) < 4.78 is 10.9. The standard InChI is InChI=1S/C16H16O4/c1-2-19-13-9-6-10-14(11-13)20-15(16(17)18)12-7-4-3-5-8-12/h3-11,15H,2H2,1H3,(H,17,18). The SMILES string of the molecule is CCOc1cccc(OC(C(=O)O)c2ccccc2)c1. The van der Waals surface area contributed by atoms with Crippen LogP contribution in [0.5, 0.6) is 11.5 Å². The second-order valence-corrected chi connectivity index (χ2v) is 4.15. The van der Waals surface area contributed by atoms with Crippen LogP contribution in [-0.2, 0) is 4.79 Å². The zero-order valence-electron chi connectivity index (χ0n) is 11.2. The molecule has 0 spiro atoms. The molecule has 0 heterocycles. The summed E-state index contributed by atoms with van der Waals surface area (Å²) in [5.41, 5.74) is 0.599. The first kappa shape index (κ1) is 13.9. The molecule has 104 valence electrons. The number of hydrogen-bond donors (Lipinski definition) is 1. The van der Waals surface area contributed by atoms with Crippen molar-refractivity contribution in [3.8, 4) is 11.5 Å². The fourth-order valence-electron chi connectivity index (χ4n) is 1.83. The molecule has 2 aromatic carbocycles. The van der Waals surface area contributed by atoms with Gasteiger partial charge in [-0.2, -0.15) is 0 Å². The molecule has 0 bridgehead atoms. The average molecular weight is 272 g/mol. The van der Waals surface area contributed by atoms with E-state index in [-0.39, 0.29) is 0 Å². The molecular weight excluding hydrogens is 256 g/mol. The number of carboxylic acid groups (broad SMARTS) is 1. The van der Waals surface area contributed by atoms with Gasteiger partial charge in [-0.1, -0.05) is 36.4 Å². The van der Waals surface area contributed by atoms with Crippen LogP contribution >= 0.6 is 0 Å². The predicted molar refractivity (Wildman–Crippen MR) is 75.1 cm³/mol. The van der Waals surface area contributed by atoms with E-state index in [0.29, 0.717) is 23.7 Å². The lowest BCUT2D eigenvalue weighted by molar-refractivity contribution is -0.145. The fraction of sp³-hybridized carbons (Fsp3) is 0.188. The molecule has 0 aromatic heterocycles. The van der Waals surface area contributed by atoms with Crippen molar-refractivity contribution in [3.05, 3.63) is 60.2 Å². The number of rotatable bonds is 6. The maximum atomic E-state index is 11.4. The third-order valence-electron chi connectivity index (χ3n) is 2.70. The van der Waals surface area contributed by atoms with Gasteiger partial charge in [-0.25, -0.2) is 4.79 Å². The largest absolute Gasteiger partial charge is 0.494 e. The van der Waals surface area contributed by atoms with Gasteiger partial charge in [0, 0.05) is 11.6 Å². The van der Waals surface area contributed by atoms with E-state index in [1.54, 1.807) is 48.5 Å². The molecule has 2 rings (SSSR count).